The van der Waals surface area contributed by atoms with Crippen LogP contribution in [0, 0.1) is 11.6 Å². The van der Waals surface area contributed by atoms with Crippen molar-refractivity contribution in [1.29, 1.82) is 0 Å². The lowest BCUT2D eigenvalue weighted by Crippen LogP contribution is -1.98. The van der Waals surface area contributed by atoms with E-state index in [4.69, 9.17) is 4.42 Å². The number of hydrogen-bond acceptors (Lipinski definition) is 1. The summed E-state index contributed by atoms with van der Waals surface area (Å²) in [6, 6.07) is 3.94. The number of benzene rings is 1. The van der Waals surface area contributed by atoms with Gasteiger partial charge in [-0.15, -0.1) is 0 Å². The van der Waals surface area contributed by atoms with Crippen molar-refractivity contribution < 1.29 is 13.2 Å². The minimum Gasteiger partial charge on any atom is -0.457 e. The summed E-state index contributed by atoms with van der Waals surface area (Å²) in [6.45, 7) is 0. The summed E-state index contributed by atoms with van der Waals surface area (Å²) in [6.07, 6.45) is 1.47. The molecule has 0 radical (unpaired) electrons. The van der Waals surface area contributed by atoms with Gasteiger partial charge in [0, 0.05) is 11.1 Å². The largest absolute Gasteiger partial charge is 0.457 e. The molecule has 17 heavy (non-hydrogen) atoms. The number of furan rings is 1. The Morgan fingerprint density at radius 1 is 1.06 bits per heavy atom. The predicted molar refractivity (Wildman–Crippen MR) is 71.2 cm³/mol. The van der Waals surface area contributed by atoms with Crippen molar-refractivity contribution in [3.8, 4) is 0 Å². The highest BCUT2D eigenvalue weighted by atomic mass is 79.9. The van der Waals surface area contributed by atoms with Crippen LogP contribution in [0.15, 0.2) is 38.0 Å². The number of alkyl halides is 1. The quantitative estimate of drug-likeness (QED) is 0.448. The molecule has 0 N–H and O–H groups in total. The van der Waals surface area contributed by atoms with Crippen molar-refractivity contribution in [3.63, 3.8) is 0 Å². The molecular formula is C11H5Br3F2O. The van der Waals surface area contributed by atoms with Crippen LogP contribution < -0.4 is 0 Å². The molecule has 1 aromatic heterocycles. The second-order valence-electron chi connectivity index (χ2n) is 3.30. The topological polar surface area (TPSA) is 13.1 Å². The van der Waals surface area contributed by atoms with Gasteiger partial charge >= 0.3 is 0 Å². The highest BCUT2D eigenvalue weighted by molar-refractivity contribution is 9.11. The van der Waals surface area contributed by atoms with Crippen molar-refractivity contribution in [2.75, 3.05) is 0 Å². The summed E-state index contributed by atoms with van der Waals surface area (Å²) in [4.78, 5) is -0.474. The van der Waals surface area contributed by atoms with Crippen LogP contribution in [0.5, 0.6) is 0 Å². The summed E-state index contributed by atoms with van der Waals surface area (Å²) in [5.41, 5.74) is 0.915. The Hall–Kier alpha value is -0.200. The lowest BCUT2D eigenvalue weighted by molar-refractivity contribution is 0.536. The zero-order valence-corrected chi connectivity index (χ0v) is 12.9. The van der Waals surface area contributed by atoms with Crippen molar-refractivity contribution in [1.82, 2.24) is 0 Å². The van der Waals surface area contributed by atoms with Crippen LogP contribution in [-0.2, 0) is 0 Å². The van der Waals surface area contributed by atoms with Crippen LogP contribution in [0.1, 0.15) is 16.0 Å². The molecule has 6 heteroatoms. The van der Waals surface area contributed by atoms with Crippen molar-refractivity contribution in [3.05, 3.63) is 56.4 Å². The molecule has 0 aliphatic heterocycles. The Morgan fingerprint density at radius 2 is 1.76 bits per heavy atom. The zero-order valence-electron chi connectivity index (χ0n) is 8.18. The summed E-state index contributed by atoms with van der Waals surface area (Å²) in [7, 11) is 0. The highest BCUT2D eigenvalue weighted by Crippen LogP contribution is 2.38. The van der Waals surface area contributed by atoms with E-state index >= 15 is 0 Å². The molecule has 1 nitrogen and oxygen atoms in total. The van der Waals surface area contributed by atoms with Gasteiger partial charge in [-0.25, -0.2) is 8.78 Å². The van der Waals surface area contributed by atoms with E-state index < -0.39 is 16.5 Å². The van der Waals surface area contributed by atoms with Gasteiger partial charge in [0.25, 0.3) is 0 Å². The van der Waals surface area contributed by atoms with Gasteiger partial charge in [0.15, 0.2) is 4.67 Å². The van der Waals surface area contributed by atoms with Crippen LogP contribution in [-0.4, -0.2) is 0 Å². The molecule has 0 aliphatic rings. The molecule has 0 bridgehead atoms. The smallest absolute Gasteiger partial charge is 0.173 e. The molecule has 0 fully saturated rings. The van der Waals surface area contributed by atoms with E-state index in [2.05, 4.69) is 47.8 Å². The van der Waals surface area contributed by atoms with E-state index in [-0.39, 0.29) is 10.0 Å². The number of hydrogen-bond donors (Lipinski definition) is 0. The standard InChI is InChI=1S/C11H5Br3F2O/c12-7-4-8(15)6(3-9(7)16)10(13)5-1-2-17-11(5)14/h1-4,10H. The Labute approximate surface area is 122 Å². The minimum absolute atomic E-state index is 0.102. The predicted octanol–water partition coefficient (Wildman–Crippen LogP) is 5.57. The monoisotopic (exact) mass is 428 g/mol. The van der Waals surface area contributed by atoms with Gasteiger partial charge in [-0.05, 0) is 50.1 Å². The molecule has 1 unspecified atom stereocenters. The summed E-state index contributed by atoms with van der Waals surface area (Å²) in [5, 5.41) is 0. The van der Waals surface area contributed by atoms with Crippen LogP contribution in [0.25, 0.3) is 0 Å². The van der Waals surface area contributed by atoms with Crippen LogP contribution >= 0.6 is 47.8 Å². The van der Waals surface area contributed by atoms with E-state index in [1.54, 1.807) is 6.07 Å². The molecule has 0 spiro atoms. The Bertz CT molecular complexity index is 554. The van der Waals surface area contributed by atoms with E-state index in [1.807, 2.05) is 0 Å². The first-order chi connectivity index (χ1) is 8.00. The van der Waals surface area contributed by atoms with Gasteiger partial charge < -0.3 is 4.42 Å². The maximum Gasteiger partial charge on any atom is 0.173 e. The van der Waals surface area contributed by atoms with Crippen molar-refractivity contribution in [2.45, 2.75) is 4.83 Å². The number of halogens is 5. The Kier molecular flexibility index (Phi) is 4.05. The van der Waals surface area contributed by atoms with Gasteiger partial charge in [-0.1, -0.05) is 15.9 Å². The maximum absolute atomic E-state index is 13.7. The van der Waals surface area contributed by atoms with Gasteiger partial charge in [0.05, 0.1) is 15.6 Å². The fourth-order valence-electron chi connectivity index (χ4n) is 1.38. The average Bonchev–Trinajstić information content (AvgIpc) is 2.69. The van der Waals surface area contributed by atoms with Crippen molar-refractivity contribution >= 4 is 47.8 Å². The van der Waals surface area contributed by atoms with Gasteiger partial charge in [-0.3, -0.25) is 0 Å². The molecule has 0 saturated heterocycles. The van der Waals surface area contributed by atoms with E-state index in [0.717, 1.165) is 12.1 Å². The molecule has 2 aromatic rings. The van der Waals surface area contributed by atoms with Crippen molar-refractivity contribution in [2.24, 2.45) is 0 Å². The van der Waals surface area contributed by atoms with Gasteiger partial charge in [0.1, 0.15) is 11.6 Å². The highest BCUT2D eigenvalue weighted by Gasteiger charge is 2.20. The van der Waals surface area contributed by atoms with Crippen LogP contribution in [0.2, 0.25) is 0 Å². The lowest BCUT2D eigenvalue weighted by atomic mass is 10.1. The first kappa shape index (κ1) is 13.2. The first-order valence-electron chi connectivity index (χ1n) is 4.52. The van der Waals surface area contributed by atoms with Gasteiger partial charge in [-0.2, -0.15) is 0 Å². The normalized spacial score (nSPS) is 12.8. The van der Waals surface area contributed by atoms with E-state index in [0.29, 0.717) is 10.2 Å². The number of rotatable bonds is 2. The zero-order chi connectivity index (χ0) is 12.6. The minimum atomic E-state index is -0.509. The third kappa shape index (κ3) is 2.63. The second kappa shape index (κ2) is 5.20. The van der Waals surface area contributed by atoms with Gasteiger partial charge in [0.2, 0.25) is 0 Å². The third-order valence-electron chi connectivity index (χ3n) is 2.23. The summed E-state index contributed by atoms with van der Waals surface area (Å²) >= 11 is 9.46. The van der Waals surface area contributed by atoms with Crippen LogP contribution in [0.4, 0.5) is 8.78 Å². The molecular weight excluding hydrogens is 426 g/mol. The molecule has 0 amide bonds. The molecule has 1 atom stereocenters. The first-order valence-corrected chi connectivity index (χ1v) is 7.02. The lowest BCUT2D eigenvalue weighted by Gasteiger charge is -2.10. The Balaban J connectivity index is 2.48. The molecule has 2 rings (SSSR count). The fraction of sp³-hybridized carbons (Fsp3) is 0.0909. The second-order valence-corrected chi connectivity index (χ2v) is 5.79. The summed E-state index contributed by atoms with van der Waals surface area (Å²) in [5.74, 6) is -1.00. The Morgan fingerprint density at radius 3 is 2.35 bits per heavy atom. The average molecular weight is 431 g/mol. The molecule has 1 aromatic carbocycles. The molecule has 90 valence electrons. The summed E-state index contributed by atoms with van der Waals surface area (Å²) < 4.78 is 32.8. The van der Waals surface area contributed by atoms with E-state index in [9.17, 15) is 8.78 Å². The molecule has 0 aliphatic carbocycles. The third-order valence-corrected chi connectivity index (χ3v) is 4.47. The SMILES string of the molecule is Fc1cc(C(Br)c2ccoc2Br)c(F)cc1Br. The van der Waals surface area contributed by atoms with E-state index in [1.165, 1.54) is 6.26 Å². The molecule has 1 heterocycles. The fourth-order valence-corrected chi connectivity index (χ4v) is 3.19. The van der Waals surface area contributed by atoms with Crippen LogP contribution in [0.3, 0.4) is 0 Å². The maximum atomic E-state index is 13.7. The molecule has 0 saturated carbocycles.